The van der Waals surface area contributed by atoms with Crippen LogP contribution in [0, 0.1) is 12.8 Å². The van der Waals surface area contributed by atoms with Crippen molar-refractivity contribution in [2.24, 2.45) is 11.7 Å². The van der Waals surface area contributed by atoms with Gasteiger partial charge < -0.3 is 16.4 Å². The number of carbonyl (C=O) groups excluding carboxylic acids is 2. The molecule has 1 aromatic carbocycles. The van der Waals surface area contributed by atoms with Crippen molar-refractivity contribution in [3.63, 3.8) is 0 Å². The Kier molecular flexibility index (Phi) is 5.51. The molecule has 19 heavy (non-hydrogen) atoms. The van der Waals surface area contributed by atoms with E-state index in [0.29, 0.717) is 24.3 Å². The lowest BCUT2D eigenvalue weighted by atomic mass is 10.1. The number of aryl methyl sites for hydroxylation is 1. The van der Waals surface area contributed by atoms with Crippen LogP contribution in [0.2, 0.25) is 0 Å². The Morgan fingerprint density at radius 1 is 1.32 bits per heavy atom. The summed E-state index contributed by atoms with van der Waals surface area (Å²) >= 11 is 0. The molecule has 1 rings (SSSR count). The monoisotopic (exact) mass is 263 g/mol. The molecule has 0 saturated carbocycles. The van der Waals surface area contributed by atoms with Crippen molar-refractivity contribution in [3.8, 4) is 0 Å². The van der Waals surface area contributed by atoms with Gasteiger partial charge in [0.15, 0.2) is 0 Å². The van der Waals surface area contributed by atoms with E-state index in [0.717, 1.165) is 5.56 Å². The summed E-state index contributed by atoms with van der Waals surface area (Å²) in [4.78, 5) is 23.1. The summed E-state index contributed by atoms with van der Waals surface area (Å²) in [6.07, 6.45) is 0.416. The van der Waals surface area contributed by atoms with Crippen LogP contribution in [-0.2, 0) is 9.59 Å². The predicted molar refractivity (Wildman–Crippen MR) is 76.9 cm³/mol. The minimum atomic E-state index is -0.242. The van der Waals surface area contributed by atoms with Gasteiger partial charge in [-0.25, -0.2) is 0 Å². The van der Waals surface area contributed by atoms with E-state index in [2.05, 4.69) is 10.6 Å². The summed E-state index contributed by atoms with van der Waals surface area (Å²) in [5.74, 6) is -0.422. The van der Waals surface area contributed by atoms with Gasteiger partial charge in [-0.2, -0.15) is 0 Å². The first-order valence-corrected chi connectivity index (χ1v) is 6.39. The molecule has 104 valence electrons. The quantitative estimate of drug-likeness (QED) is 0.758. The van der Waals surface area contributed by atoms with Crippen LogP contribution in [0.5, 0.6) is 0 Å². The topological polar surface area (TPSA) is 84.2 Å². The molecule has 0 fully saturated rings. The second-order valence-corrected chi connectivity index (χ2v) is 4.56. The molecule has 0 bridgehead atoms. The summed E-state index contributed by atoms with van der Waals surface area (Å²) in [6, 6.07) is 5.42. The number of anilines is 2. The zero-order valence-electron chi connectivity index (χ0n) is 11.6. The van der Waals surface area contributed by atoms with Gasteiger partial charge in [-0.15, -0.1) is 0 Å². The van der Waals surface area contributed by atoms with E-state index in [1.54, 1.807) is 19.9 Å². The lowest BCUT2D eigenvalue weighted by Gasteiger charge is -2.13. The fraction of sp³-hybridized carbons (Fsp3) is 0.429. The second-order valence-electron chi connectivity index (χ2n) is 4.56. The molecule has 0 aromatic heterocycles. The summed E-state index contributed by atoms with van der Waals surface area (Å²) in [6.45, 7) is 5.76. The standard InChI is InChI=1S/C14H21N3O2/c1-4-13(18)16-11-6-5-9(2)12(7-11)17-14(19)10(3)8-15/h5-7,10H,4,8,15H2,1-3H3,(H,16,18)(H,17,19). The molecule has 5 heteroatoms. The first-order chi connectivity index (χ1) is 8.97. The van der Waals surface area contributed by atoms with E-state index >= 15 is 0 Å². The van der Waals surface area contributed by atoms with Crippen LogP contribution in [0.25, 0.3) is 0 Å². The van der Waals surface area contributed by atoms with Crippen LogP contribution in [0.4, 0.5) is 11.4 Å². The van der Waals surface area contributed by atoms with E-state index < -0.39 is 0 Å². The maximum Gasteiger partial charge on any atom is 0.228 e. The first kappa shape index (κ1) is 15.2. The molecule has 5 nitrogen and oxygen atoms in total. The molecule has 1 aromatic rings. The number of amides is 2. The van der Waals surface area contributed by atoms with Crippen molar-refractivity contribution < 1.29 is 9.59 Å². The Balaban J connectivity index is 2.85. The molecule has 0 spiro atoms. The van der Waals surface area contributed by atoms with Crippen LogP contribution < -0.4 is 16.4 Å². The van der Waals surface area contributed by atoms with Crippen molar-refractivity contribution in [2.45, 2.75) is 27.2 Å². The highest BCUT2D eigenvalue weighted by atomic mass is 16.2. The average molecular weight is 263 g/mol. The molecule has 2 amide bonds. The Bertz CT molecular complexity index is 472. The van der Waals surface area contributed by atoms with Crippen molar-refractivity contribution in [1.82, 2.24) is 0 Å². The van der Waals surface area contributed by atoms with Crippen LogP contribution in [-0.4, -0.2) is 18.4 Å². The maximum atomic E-state index is 11.8. The van der Waals surface area contributed by atoms with E-state index in [-0.39, 0.29) is 17.7 Å². The summed E-state index contributed by atoms with van der Waals surface area (Å²) < 4.78 is 0. The van der Waals surface area contributed by atoms with Gasteiger partial charge in [-0.05, 0) is 24.6 Å². The van der Waals surface area contributed by atoms with Gasteiger partial charge in [0.25, 0.3) is 0 Å². The Labute approximate surface area is 113 Å². The number of nitrogens with two attached hydrogens (primary N) is 1. The highest BCUT2D eigenvalue weighted by Crippen LogP contribution is 2.21. The Hall–Kier alpha value is -1.88. The van der Waals surface area contributed by atoms with E-state index in [9.17, 15) is 9.59 Å². The molecule has 0 radical (unpaired) electrons. The maximum absolute atomic E-state index is 11.8. The zero-order valence-corrected chi connectivity index (χ0v) is 11.6. The molecule has 0 aliphatic carbocycles. The van der Waals surface area contributed by atoms with E-state index in [1.807, 2.05) is 19.1 Å². The SMILES string of the molecule is CCC(=O)Nc1ccc(C)c(NC(=O)C(C)CN)c1. The third kappa shape index (κ3) is 4.37. The van der Waals surface area contributed by atoms with Crippen molar-refractivity contribution >= 4 is 23.2 Å². The molecule has 0 aliphatic rings. The zero-order chi connectivity index (χ0) is 14.4. The summed E-state index contributed by atoms with van der Waals surface area (Å²) in [5, 5.41) is 5.58. The number of carbonyl (C=O) groups is 2. The first-order valence-electron chi connectivity index (χ1n) is 6.39. The van der Waals surface area contributed by atoms with Crippen LogP contribution >= 0.6 is 0 Å². The third-order valence-corrected chi connectivity index (χ3v) is 2.90. The molecule has 1 unspecified atom stereocenters. The molecule has 4 N–H and O–H groups in total. The van der Waals surface area contributed by atoms with Gasteiger partial charge in [-0.1, -0.05) is 19.9 Å². The molecule has 0 aliphatic heterocycles. The Morgan fingerprint density at radius 3 is 2.58 bits per heavy atom. The average Bonchev–Trinajstić information content (AvgIpc) is 2.41. The van der Waals surface area contributed by atoms with Gasteiger partial charge in [0.1, 0.15) is 0 Å². The van der Waals surface area contributed by atoms with Crippen LogP contribution in [0.1, 0.15) is 25.8 Å². The molecule has 1 atom stereocenters. The molecule has 0 saturated heterocycles. The fourth-order valence-electron chi connectivity index (χ4n) is 1.45. The normalized spacial score (nSPS) is 11.8. The smallest absolute Gasteiger partial charge is 0.228 e. The van der Waals surface area contributed by atoms with E-state index in [1.165, 1.54) is 0 Å². The predicted octanol–water partition coefficient (Wildman–Crippen LogP) is 1.88. The number of nitrogens with one attached hydrogen (secondary N) is 2. The van der Waals surface area contributed by atoms with Crippen molar-refractivity contribution in [3.05, 3.63) is 23.8 Å². The second kappa shape index (κ2) is 6.89. The fourth-order valence-corrected chi connectivity index (χ4v) is 1.45. The molecular formula is C14H21N3O2. The number of hydrogen-bond donors (Lipinski definition) is 3. The lowest BCUT2D eigenvalue weighted by molar-refractivity contribution is -0.119. The van der Waals surface area contributed by atoms with Gasteiger partial charge >= 0.3 is 0 Å². The molecule has 0 heterocycles. The largest absolute Gasteiger partial charge is 0.330 e. The van der Waals surface area contributed by atoms with Crippen molar-refractivity contribution in [1.29, 1.82) is 0 Å². The number of rotatable bonds is 5. The number of benzene rings is 1. The van der Waals surface area contributed by atoms with Crippen molar-refractivity contribution in [2.75, 3.05) is 17.2 Å². The summed E-state index contributed by atoms with van der Waals surface area (Å²) in [7, 11) is 0. The Morgan fingerprint density at radius 2 is 2.00 bits per heavy atom. The van der Waals surface area contributed by atoms with Gasteiger partial charge in [0.05, 0.1) is 0 Å². The van der Waals surface area contributed by atoms with Crippen LogP contribution in [0.3, 0.4) is 0 Å². The minimum Gasteiger partial charge on any atom is -0.330 e. The minimum absolute atomic E-state index is 0.0588. The molecular weight excluding hydrogens is 242 g/mol. The van der Waals surface area contributed by atoms with Gasteiger partial charge in [0.2, 0.25) is 11.8 Å². The third-order valence-electron chi connectivity index (χ3n) is 2.90. The van der Waals surface area contributed by atoms with Gasteiger partial charge in [0, 0.05) is 30.3 Å². The lowest BCUT2D eigenvalue weighted by Crippen LogP contribution is -2.27. The van der Waals surface area contributed by atoms with Crippen LogP contribution in [0.15, 0.2) is 18.2 Å². The highest BCUT2D eigenvalue weighted by Gasteiger charge is 2.12. The van der Waals surface area contributed by atoms with E-state index in [4.69, 9.17) is 5.73 Å². The number of hydrogen-bond acceptors (Lipinski definition) is 3. The summed E-state index contributed by atoms with van der Waals surface area (Å²) in [5.41, 5.74) is 7.77. The van der Waals surface area contributed by atoms with Gasteiger partial charge in [-0.3, -0.25) is 9.59 Å². The highest BCUT2D eigenvalue weighted by molar-refractivity contribution is 5.95.